The van der Waals surface area contributed by atoms with E-state index in [2.05, 4.69) is 27.4 Å². The van der Waals surface area contributed by atoms with Crippen LogP contribution in [-0.4, -0.2) is 21.0 Å². The first-order chi connectivity index (χ1) is 12.1. The van der Waals surface area contributed by atoms with Gasteiger partial charge in [-0.15, -0.1) is 0 Å². The lowest BCUT2D eigenvalue weighted by Crippen LogP contribution is -2.28. The Bertz CT molecular complexity index is 868. The molecule has 0 bridgehead atoms. The molecule has 0 spiro atoms. The minimum Gasteiger partial charge on any atom is -0.441 e. The molecule has 1 atom stereocenters. The minimum absolute atomic E-state index is 0.206. The van der Waals surface area contributed by atoms with Crippen LogP contribution in [0, 0.1) is 6.92 Å². The number of benzene rings is 1. The van der Waals surface area contributed by atoms with Crippen LogP contribution in [0.5, 0.6) is 0 Å². The van der Waals surface area contributed by atoms with Gasteiger partial charge in [-0.25, -0.2) is 4.98 Å². The first-order valence-corrected chi connectivity index (χ1v) is 8.61. The van der Waals surface area contributed by atoms with Crippen LogP contribution in [0.3, 0.4) is 0 Å². The van der Waals surface area contributed by atoms with Crippen molar-refractivity contribution >= 4 is 17.0 Å². The van der Waals surface area contributed by atoms with Crippen LogP contribution >= 0.6 is 0 Å². The second kappa shape index (κ2) is 7.46. The van der Waals surface area contributed by atoms with Gasteiger partial charge in [-0.1, -0.05) is 25.4 Å². The summed E-state index contributed by atoms with van der Waals surface area (Å²) >= 11 is 0. The maximum Gasteiger partial charge on any atom is 0.252 e. The maximum absolute atomic E-state index is 12.6. The summed E-state index contributed by atoms with van der Waals surface area (Å²) in [6.07, 6.45) is 3.57. The zero-order valence-corrected chi connectivity index (χ0v) is 14.7. The molecule has 1 amide bonds. The molecule has 7 nitrogen and oxygen atoms in total. The number of aromatic nitrogens is 3. The standard InChI is InChI=1S/C18H22N4O3/c1-4-6-7-16-20-14-10-12(8-9-15(14)24-16)17(23)21-13(5-2)18-19-11(3)22-25-18/h8-10,13H,4-7H2,1-3H3,(H,21,23). The lowest BCUT2D eigenvalue weighted by molar-refractivity contribution is 0.0927. The summed E-state index contributed by atoms with van der Waals surface area (Å²) in [6.45, 7) is 5.82. The summed E-state index contributed by atoms with van der Waals surface area (Å²) in [5, 5.41) is 6.70. The Hall–Kier alpha value is -2.70. The molecule has 0 fully saturated rings. The fourth-order valence-electron chi connectivity index (χ4n) is 2.59. The molecule has 2 heterocycles. The van der Waals surface area contributed by atoms with Gasteiger partial charge in [0.05, 0.1) is 0 Å². The van der Waals surface area contributed by atoms with Gasteiger partial charge < -0.3 is 14.3 Å². The Morgan fingerprint density at radius 1 is 1.28 bits per heavy atom. The molecule has 132 valence electrons. The van der Waals surface area contributed by atoms with E-state index in [0.717, 1.165) is 19.3 Å². The van der Waals surface area contributed by atoms with Crippen molar-refractivity contribution in [1.29, 1.82) is 0 Å². The number of oxazole rings is 1. The van der Waals surface area contributed by atoms with Crippen LogP contribution in [0.4, 0.5) is 0 Å². The van der Waals surface area contributed by atoms with Crippen molar-refractivity contribution in [3.63, 3.8) is 0 Å². The smallest absolute Gasteiger partial charge is 0.252 e. The average molecular weight is 342 g/mol. The van der Waals surface area contributed by atoms with E-state index in [1.807, 2.05) is 6.92 Å². The second-order valence-corrected chi connectivity index (χ2v) is 6.01. The average Bonchev–Trinajstić information content (AvgIpc) is 3.22. The van der Waals surface area contributed by atoms with Crippen molar-refractivity contribution in [2.45, 2.75) is 52.5 Å². The fourth-order valence-corrected chi connectivity index (χ4v) is 2.59. The minimum atomic E-state index is -0.318. The first-order valence-electron chi connectivity index (χ1n) is 8.61. The fraction of sp³-hybridized carbons (Fsp3) is 0.444. The number of amides is 1. The number of carbonyl (C=O) groups is 1. The number of fused-ring (bicyclic) bond motifs is 1. The predicted octanol–water partition coefficient (Wildman–Crippen LogP) is 3.74. The van der Waals surface area contributed by atoms with E-state index in [-0.39, 0.29) is 11.9 Å². The van der Waals surface area contributed by atoms with Gasteiger partial charge in [0.2, 0.25) is 5.89 Å². The number of hydrogen-bond donors (Lipinski definition) is 1. The highest BCUT2D eigenvalue weighted by atomic mass is 16.5. The topological polar surface area (TPSA) is 94.1 Å². The van der Waals surface area contributed by atoms with Crippen molar-refractivity contribution in [2.24, 2.45) is 0 Å². The Morgan fingerprint density at radius 2 is 2.12 bits per heavy atom. The summed E-state index contributed by atoms with van der Waals surface area (Å²) in [5.74, 6) is 1.47. The number of hydrogen-bond acceptors (Lipinski definition) is 6. The highest BCUT2D eigenvalue weighted by Gasteiger charge is 2.20. The van der Waals surface area contributed by atoms with E-state index in [9.17, 15) is 4.79 Å². The number of unbranched alkanes of at least 4 members (excludes halogenated alkanes) is 1. The summed E-state index contributed by atoms with van der Waals surface area (Å²) < 4.78 is 10.9. The molecule has 0 radical (unpaired) electrons. The van der Waals surface area contributed by atoms with Crippen LogP contribution in [-0.2, 0) is 6.42 Å². The van der Waals surface area contributed by atoms with E-state index in [1.54, 1.807) is 25.1 Å². The monoisotopic (exact) mass is 342 g/mol. The Balaban J connectivity index is 1.76. The van der Waals surface area contributed by atoms with Gasteiger partial charge in [0.1, 0.15) is 11.6 Å². The first kappa shape index (κ1) is 17.1. The van der Waals surface area contributed by atoms with Crippen molar-refractivity contribution in [3.8, 4) is 0 Å². The molecule has 1 N–H and O–H groups in total. The summed E-state index contributed by atoms with van der Waals surface area (Å²) in [7, 11) is 0. The van der Waals surface area contributed by atoms with Crippen molar-refractivity contribution in [1.82, 2.24) is 20.4 Å². The van der Waals surface area contributed by atoms with Gasteiger partial charge in [-0.3, -0.25) is 4.79 Å². The SMILES string of the molecule is CCCCc1nc2cc(C(=O)NC(CC)c3nc(C)no3)ccc2o1. The zero-order valence-electron chi connectivity index (χ0n) is 14.7. The number of aryl methyl sites for hydroxylation is 2. The van der Waals surface area contributed by atoms with Crippen LogP contribution in [0.1, 0.15) is 67.1 Å². The van der Waals surface area contributed by atoms with Gasteiger partial charge in [0.15, 0.2) is 17.3 Å². The van der Waals surface area contributed by atoms with E-state index in [1.165, 1.54) is 0 Å². The van der Waals surface area contributed by atoms with Crippen LogP contribution < -0.4 is 5.32 Å². The normalized spacial score (nSPS) is 12.4. The third-order valence-electron chi connectivity index (χ3n) is 3.99. The van der Waals surface area contributed by atoms with E-state index in [0.29, 0.717) is 40.7 Å². The van der Waals surface area contributed by atoms with E-state index >= 15 is 0 Å². The Morgan fingerprint density at radius 3 is 2.80 bits per heavy atom. The largest absolute Gasteiger partial charge is 0.441 e. The molecular weight excluding hydrogens is 320 g/mol. The number of rotatable bonds is 7. The summed E-state index contributed by atoms with van der Waals surface area (Å²) in [6, 6.07) is 4.94. The van der Waals surface area contributed by atoms with Gasteiger partial charge in [0, 0.05) is 12.0 Å². The molecule has 0 aliphatic carbocycles. The zero-order chi connectivity index (χ0) is 17.8. The number of nitrogens with one attached hydrogen (secondary N) is 1. The third kappa shape index (κ3) is 3.87. The molecule has 2 aromatic heterocycles. The molecule has 7 heteroatoms. The molecule has 0 saturated carbocycles. The van der Waals surface area contributed by atoms with E-state index in [4.69, 9.17) is 8.94 Å². The Labute approximate surface area is 145 Å². The molecule has 0 aliphatic heterocycles. The predicted molar refractivity (Wildman–Crippen MR) is 92.2 cm³/mol. The maximum atomic E-state index is 12.6. The summed E-state index contributed by atoms with van der Waals surface area (Å²) in [5.41, 5.74) is 1.92. The molecular formula is C18H22N4O3. The molecule has 3 rings (SSSR count). The molecule has 1 aromatic carbocycles. The Kier molecular flexibility index (Phi) is 5.11. The molecule has 1 unspecified atom stereocenters. The van der Waals surface area contributed by atoms with Crippen molar-refractivity contribution in [2.75, 3.05) is 0 Å². The van der Waals surface area contributed by atoms with Crippen LogP contribution in [0.15, 0.2) is 27.1 Å². The highest BCUT2D eigenvalue weighted by molar-refractivity contribution is 5.97. The number of carbonyl (C=O) groups excluding carboxylic acids is 1. The van der Waals surface area contributed by atoms with Gasteiger partial charge in [-0.2, -0.15) is 4.98 Å². The van der Waals surface area contributed by atoms with Crippen molar-refractivity contribution < 1.29 is 13.7 Å². The molecule has 0 aliphatic rings. The van der Waals surface area contributed by atoms with Crippen LogP contribution in [0.25, 0.3) is 11.1 Å². The second-order valence-electron chi connectivity index (χ2n) is 6.01. The van der Waals surface area contributed by atoms with Crippen LogP contribution in [0.2, 0.25) is 0 Å². The van der Waals surface area contributed by atoms with Gasteiger partial charge in [-0.05, 0) is 38.0 Å². The van der Waals surface area contributed by atoms with E-state index < -0.39 is 0 Å². The number of nitrogens with zero attached hydrogens (tertiary/aromatic N) is 3. The molecule has 25 heavy (non-hydrogen) atoms. The molecule has 3 aromatic rings. The van der Waals surface area contributed by atoms with Crippen molar-refractivity contribution in [3.05, 3.63) is 41.4 Å². The highest BCUT2D eigenvalue weighted by Crippen LogP contribution is 2.20. The van der Waals surface area contributed by atoms with Gasteiger partial charge in [0.25, 0.3) is 5.91 Å². The quantitative estimate of drug-likeness (QED) is 0.703. The lowest BCUT2D eigenvalue weighted by atomic mass is 10.1. The lowest BCUT2D eigenvalue weighted by Gasteiger charge is -2.12. The molecule has 0 saturated heterocycles. The third-order valence-corrected chi connectivity index (χ3v) is 3.99. The summed E-state index contributed by atoms with van der Waals surface area (Å²) in [4.78, 5) is 21.2. The van der Waals surface area contributed by atoms with Gasteiger partial charge >= 0.3 is 0 Å².